The van der Waals surface area contributed by atoms with Crippen molar-refractivity contribution in [2.75, 3.05) is 6.61 Å². The van der Waals surface area contributed by atoms with E-state index in [1.807, 2.05) is 0 Å². The Labute approximate surface area is 173 Å². The Morgan fingerprint density at radius 3 is 2.47 bits per heavy atom. The fourth-order valence-corrected chi connectivity index (χ4v) is 3.76. The summed E-state index contributed by atoms with van der Waals surface area (Å²) in [7, 11) is 0. The number of nitrogens with two attached hydrogens (primary N) is 1. The number of halogens is 4. The molecule has 0 aliphatic heterocycles. The SMILES string of the molecule is CC(C)CC(N)(COc1ccc(-c2ccnc(C(F)F)c2)nc1C(F)F)CC1CC1. The fourth-order valence-electron chi connectivity index (χ4n) is 3.76. The maximum atomic E-state index is 13.7. The van der Waals surface area contributed by atoms with Gasteiger partial charge in [0.05, 0.1) is 11.2 Å². The van der Waals surface area contributed by atoms with Gasteiger partial charge in [0.2, 0.25) is 0 Å². The number of alkyl halides is 4. The third-order valence-corrected chi connectivity index (χ3v) is 5.12. The van der Waals surface area contributed by atoms with Crippen LogP contribution in [0.25, 0.3) is 11.3 Å². The summed E-state index contributed by atoms with van der Waals surface area (Å²) < 4.78 is 58.9. The largest absolute Gasteiger partial charge is 0.490 e. The molecule has 0 aromatic carbocycles. The maximum absolute atomic E-state index is 13.7. The van der Waals surface area contributed by atoms with Crippen LogP contribution in [-0.2, 0) is 0 Å². The molecule has 30 heavy (non-hydrogen) atoms. The smallest absolute Gasteiger partial charge is 0.284 e. The quantitative estimate of drug-likeness (QED) is 0.479. The van der Waals surface area contributed by atoms with Crippen LogP contribution >= 0.6 is 0 Å². The molecule has 1 atom stereocenters. The molecular weight excluding hydrogens is 398 g/mol. The molecular formula is C22H27F4N3O. The van der Waals surface area contributed by atoms with E-state index in [4.69, 9.17) is 10.5 Å². The normalized spacial score (nSPS) is 16.3. The lowest BCUT2D eigenvalue weighted by molar-refractivity contribution is 0.130. The van der Waals surface area contributed by atoms with Crippen LogP contribution in [0, 0.1) is 11.8 Å². The molecule has 2 heterocycles. The first-order valence-corrected chi connectivity index (χ1v) is 10.1. The van der Waals surface area contributed by atoms with E-state index in [0.29, 0.717) is 11.8 Å². The maximum Gasteiger partial charge on any atom is 0.284 e. The topological polar surface area (TPSA) is 61.0 Å². The highest BCUT2D eigenvalue weighted by atomic mass is 19.3. The van der Waals surface area contributed by atoms with E-state index in [9.17, 15) is 17.6 Å². The van der Waals surface area contributed by atoms with Gasteiger partial charge in [-0.2, -0.15) is 0 Å². The van der Waals surface area contributed by atoms with Crippen LogP contribution in [0.2, 0.25) is 0 Å². The van der Waals surface area contributed by atoms with Gasteiger partial charge in [0.1, 0.15) is 23.7 Å². The number of rotatable bonds is 10. The van der Waals surface area contributed by atoms with E-state index >= 15 is 0 Å². The van der Waals surface area contributed by atoms with E-state index < -0.39 is 29.8 Å². The van der Waals surface area contributed by atoms with Crippen molar-refractivity contribution in [1.29, 1.82) is 0 Å². The Morgan fingerprint density at radius 2 is 1.87 bits per heavy atom. The van der Waals surface area contributed by atoms with Gasteiger partial charge in [-0.25, -0.2) is 22.5 Å². The second-order valence-corrected chi connectivity index (χ2v) is 8.55. The second kappa shape index (κ2) is 9.29. The first-order valence-electron chi connectivity index (χ1n) is 10.1. The zero-order valence-corrected chi connectivity index (χ0v) is 17.1. The summed E-state index contributed by atoms with van der Waals surface area (Å²) in [5, 5.41) is 0. The molecule has 1 saturated carbocycles. The predicted molar refractivity (Wildman–Crippen MR) is 107 cm³/mol. The number of hydrogen-bond acceptors (Lipinski definition) is 4. The van der Waals surface area contributed by atoms with Crippen molar-refractivity contribution in [3.63, 3.8) is 0 Å². The molecule has 2 aromatic rings. The molecule has 2 aromatic heterocycles. The molecule has 2 N–H and O–H groups in total. The minimum atomic E-state index is -2.88. The van der Waals surface area contributed by atoms with Crippen molar-refractivity contribution in [3.8, 4) is 17.0 Å². The van der Waals surface area contributed by atoms with Gasteiger partial charge in [0.15, 0.2) is 0 Å². The van der Waals surface area contributed by atoms with E-state index in [1.54, 1.807) is 0 Å². The summed E-state index contributed by atoms with van der Waals surface area (Å²) in [5.74, 6) is 0.887. The Kier molecular flexibility index (Phi) is 6.95. The van der Waals surface area contributed by atoms with Crippen molar-refractivity contribution >= 4 is 0 Å². The molecule has 4 nitrogen and oxygen atoms in total. The minimum Gasteiger partial charge on any atom is -0.490 e. The summed E-state index contributed by atoms with van der Waals surface area (Å²) in [6.45, 7) is 4.25. The highest BCUT2D eigenvalue weighted by Crippen LogP contribution is 2.39. The third-order valence-electron chi connectivity index (χ3n) is 5.12. The second-order valence-electron chi connectivity index (χ2n) is 8.55. The van der Waals surface area contributed by atoms with Crippen LogP contribution < -0.4 is 10.5 Å². The molecule has 3 rings (SSSR count). The molecule has 1 aliphatic carbocycles. The van der Waals surface area contributed by atoms with Crippen LogP contribution in [0.4, 0.5) is 17.6 Å². The first-order chi connectivity index (χ1) is 14.2. The van der Waals surface area contributed by atoms with Gasteiger partial charge in [-0.1, -0.05) is 26.7 Å². The van der Waals surface area contributed by atoms with Gasteiger partial charge in [0.25, 0.3) is 12.9 Å². The molecule has 164 valence electrons. The minimum absolute atomic E-state index is 0.0359. The van der Waals surface area contributed by atoms with Crippen LogP contribution in [0.15, 0.2) is 30.5 Å². The van der Waals surface area contributed by atoms with Crippen molar-refractivity contribution < 1.29 is 22.3 Å². The van der Waals surface area contributed by atoms with E-state index in [1.165, 1.54) is 24.4 Å². The van der Waals surface area contributed by atoms with Gasteiger partial charge in [-0.15, -0.1) is 0 Å². The lowest BCUT2D eigenvalue weighted by Gasteiger charge is -2.31. The van der Waals surface area contributed by atoms with Crippen LogP contribution in [0.5, 0.6) is 5.75 Å². The van der Waals surface area contributed by atoms with Crippen molar-refractivity contribution in [1.82, 2.24) is 9.97 Å². The Balaban J connectivity index is 1.82. The predicted octanol–water partition coefficient (Wildman–Crippen LogP) is 5.94. The zero-order chi connectivity index (χ0) is 21.9. The van der Waals surface area contributed by atoms with Crippen LogP contribution in [-0.4, -0.2) is 22.1 Å². The Bertz CT molecular complexity index is 852. The average Bonchev–Trinajstić information content (AvgIpc) is 3.49. The fraction of sp³-hybridized carbons (Fsp3) is 0.545. The molecule has 0 amide bonds. The van der Waals surface area contributed by atoms with E-state index in [0.717, 1.165) is 31.7 Å². The summed E-state index contributed by atoms with van der Waals surface area (Å²) in [6, 6.07) is 5.48. The first kappa shape index (κ1) is 22.5. The molecule has 0 spiro atoms. The number of pyridine rings is 2. The summed E-state index contributed by atoms with van der Waals surface area (Å²) in [4.78, 5) is 7.57. The molecule has 0 saturated heterocycles. The van der Waals surface area contributed by atoms with Gasteiger partial charge < -0.3 is 10.5 Å². The van der Waals surface area contributed by atoms with Gasteiger partial charge in [-0.3, -0.25) is 4.98 Å². The average molecular weight is 425 g/mol. The highest BCUT2D eigenvalue weighted by molar-refractivity contribution is 5.60. The van der Waals surface area contributed by atoms with Crippen LogP contribution in [0.1, 0.15) is 63.8 Å². The third kappa shape index (κ3) is 5.90. The Morgan fingerprint density at radius 1 is 1.13 bits per heavy atom. The number of ether oxygens (including phenoxy) is 1. The van der Waals surface area contributed by atoms with Gasteiger partial charge in [0, 0.05) is 11.8 Å². The lowest BCUT2D eigenvalue weighted by Crippen LogP contribution is -2.47. The number of hydrogen-bond donors (Lipinski definition) is 1. The zero-order valence-electron chi connectivity index (χ0n) is 17.1. The van der Waals surface area contributed by atoms with Crippen molar-refractivity contribution in [2.45, 2.75) is 57.9 Å². The van der Waals surface area contributed by atoms with Crippen molar-refractivity contribution in [2.24, 2.45) is 17.6 Å². The Hall–Kier alpha value is -2.22. The van der Waals surface area contributed by atoms with Gasteiger partial charge >= 0.3 is 0 Å². The highest BCUT2D eigenvalue weighted by Gasteiger charge is 2.35. The standard InChI is InChI=1S/C22H27F4N3O/c1-13(2)10-22(27,11-14-3-4-14)12-30-18-6-5-16(29-19(18)21(25)26)15-7-8-28-17(9-15)20(23)24/h5-9,13-14,20-21H,3-4,10-12,27H2,1-2H3. The lowest BCUT2D eigenvalue weighted by atomic mass is 9.85. The number of aromatic nitrogens is 2. The van der Waals surface area contributed by atoms with Crippen LogP contribution in [0.3, 0.4) is 0 Å². The molecule has 0 bridgehead atoms. The summed E-state index contributed by atoms with van der Waals surface area (Å²) >= 11 is 0. The molecule has 1 aliphatic rings. The van der Waals surface area contributed by atoms with Gasteiger partial charge in [-0.05, 0) is 48.9 Å². The molecule has 0 radical (unpaired) electrons. The summed E-state index contributed by atoms with van der Waals surface area (Å²) in [5.41, 5.74) is 5.46. The number of nitrogens with zero attached hydrogens (tertiary/aromatic N) is 2. The monoisotopic (exact) mass is 425 g/mol. The molecule has 1 unspecified atom stereocenters. The molecule has 1 fully saturated rings. The summed E-state index contributed by atoms with van der Waals surface area (Å²) in [6.07, 6.45) is -0.619. The van der Waals surface area contributed by atoms with Crippen molar-refractivity contribution in [3.05, 3.63) is 41.9 Å². The molecule has 8 heteroatoms. The van der Waals surface area contributed by atoms with E-state index in [2.05, 4.69) is 23.8 Å². The van der Waals surface area contributed by atoms with E-state index in [-0.39, 0.29) is 23.6 Å².